The molecule has 1 amide bonds. The Morgan fingerprint density at radius 2 is 1.81 bits per heavy atom. The van der Waals surface area contributed by atoms with Gasteiger partial charge in [-0.3, -0.25) is 4.79 Å². The van der Waals surface area contributed by atoms with E-state index in [0.29, 0.717) is 0 Å². The Labute approximate surface area is 135 Å². The Hall–Kier alpha value is -1.69. The molecule has 5 nitrogen and oxygen atoms in total. The Kier molecular flexibility index (Phi) is 4.46. The average molecular weight is 348 g/mol. The Morgan fingerprint density at radius 3 is 2.33 bits per heavy atom. The van der Waals surface area contributed by atoms with Crippen LogP contribution in [0.25, 0.3) is 0 Å². The van der Waals surface area contributed by atoms with E-state index in [9.17, 15) is 9.59 Å². The number of carbonyl (C=O) groups is 2. The van der Waals surface area contributed by atoms with Gasteiger partial charge in [-0.15, -0.1) is 0 Å². The van der Waals surface area contributed by atoms with Crippen molar-refractivity contribution < 1.29 is 14.7 Å². The summed E-state index contributed by atoms with van der Waals surface area (Å²) < 4.78 is 1.42. The van der Waals surface area contributed by atoms with Crippen molar-refractivity contribution in [2.45, 2.75) is 0 Å². The maximum absolute atomic E-state index is 12.2. The number of halogens is 3. The number of carboxylic acid groups (broad SMARTS) is 1. The van der Waals surface area contributed by atoms with Crippen molar-refractivity contribution >= 4 is 52.4 Å². The van der Waals surface area contributed by atoms with Crippen LogP contribution in [0.3, 0.4) is 0 Å². The Bertz CT molecular complexity index is 741. The lowest BCUT2D eigenvalue weighted by Gasteiger charge is -2.08. The molecule has 0 atom stereocenters. The van der Waals surface area contributed by atoms with E-state index in [-0.39, 0.29) is 32.1 Å². The van der Waals surface area contributed by atoms with E-state index in [1.54, 1.807) is 7.05 Å². The van der Waals surface area contributed by atoms with Crippen molar-refractivity contribution in [2.75, 3.05) is 5.32 Å². The van der Waals surface area contributed by atoms with Crippen molar-refractivity contribution in [3.63, 3.8) is 0 Å². The highest BCUT2D eigenvalue weighted by Crippen LogP contribution is 2.26. The van der Waals surface area contributed by atoms with E-state index in [2.05, 4.69) is 5.32 Å². The molecule has 21 heavy (non-hydrogen) atoms. The summed E-state index contributed by atoms with van der Waals surface area (Å²) in [6.07, 6.45) is 0. The van der Waals surface area contributed by atoms with Crippen LogP contribution < -0.4 is 5.32 Å². The number of nitrogens with zero attached hydrogens (tertiary/aromatic N) is 1. The number of hydrogen-bond acceptors (Lipinski definition) is 2. The minimum atomic E-state index is -1.14. The Morgan fingerprint density at radius 1 is 1.14 bits per heavy atom. The zero-order valence-corrected chi connectivity index (χ0v) is 12.9. The third-order valence-corrected chi connectivity index (χ3v) is 3.81. The normalized spacial score (nSPS) is 10.5. The van der Waals surface area contributed by atoms with Gasteiger partial charge in [0.1, 0.15) is 10.8 Å². The fraction of sp³-hybridized carbons (Fsp3) is 0.0769. The maximum atomic E-state index is 12.2. The van der Waals surface area contributed by atoms with Crippen LogP contribution in [0.4, 0.5) is 5.69 Å². The number of hydrogen-bond donors (Lipinski definition) is 2. The van der Waals surface area contributed by atoms with Crippen LogP contribution >= 0.6 is 34.8 Å². The fourth-order valence-corrected chi connectivity index (χ4v) is 2.35. The summed E-state index contributed by atoms with van der Waals surface area (Å²) in [4.78, 5) is 23.1. The molecule has 0 aliphatic rings. The summed E-state index contributed by atoms with van der Waals surface area (Å²) in [5.41, 5.74) is 0.473. The molecule has 1 aromatic carbocycles. The number of rotatable bonds is 3. The first-order chi connectivity index (χ1) is 9.79. The van der Waals surface area contributed by atoms with Crippen molar-refractivity contribution in [1.82, 2.24) is 4.57 Å². The summed E-state index contributed by atoms with van der Waals surface area (Å²) >= 11 is 17.6. The number of amides is 1. The SMILES string of the molecule is Cn1c(C(=O)Nc2cc(Cl)cc(C(=O)O)c2)cc(Cl)c1Cl. The number of aromatic carboxylic acids is 1. The van der Waals surface area contributed by atoms with Gasteiger partial charge in [0, 0.05) is 17.8 Å². The number of benzene rings is 1. The van der Waals surface area contributed by atoms with Gasteiger partial charge in [-0.1, -0.05) is 34.8 Å². The molecule has 0 fully saturated rings. The van der Waals surface area contributed by atoms with Crippen molar-refractivity contribution in [3.8, 4) is 0 Å². The van der Waals surface area contributed by atoms with E-state index in [0.717, 1.165) is 0 Å². The van der Waals surface area contributed by atoms with Gasteiger partial charge >= 0.3 is 5.97 Å². The molecule has 1 heterocycles. The molecule has 0 bridgehead atoms. The lowest BCUT2D eigenvalue weighted by Crippen LogP contribution is -2.16. The van der Waals surface area contributed by atoms with Crippen LogP contribution in [-0.2, 0) is 7.05 Å². The van der Waals surface area contributed by atoms with Crippen LogP contribution in [-0.4, -0.2) is 21.6 Å². The second-order valence-corrected chi connectivity index (χ2v) is 5.42. The van der Waals surface area contributed by atoms with Gasteiger partial charge in [-0.05, 0) is 24.3 Å². The minimum Gasteiger partial charge on any atom is -0.478 e. The van der Waals surface area contributed by atoms with Crippen LogP contribution in [0.2, 0.25) is 15.2 Å². The second kappa shape index (κ2) is 5.97. The van der Waals surface area contributed by atoms with Crippen molar-refractivity contribution in [2.24, 2.45) is 7.05 Å². The lowest BCUT2D eigenvalue weighted by molar-refractivity contribution is 0.0696. The third kappa shape index (κ3) is 3.32. The summed E-state index contributed by atoms with van der Waals surface area (Å²) in [7, 11) is 1.59. The molecule has 2 N–H and O–H groups in total. The van der Waals surface area contributed by atoms with E-state index < -0.39 is 11.9 Å². The highest BCUT2D eigenvalue weighted by Gasteiger charge is 2.16. The maximum Gasteiger partial charge on any atom is 0.335 e. The predicted octanol–water partition coefficient (Wildman–Crippen LogP) is 3.94. The number of carbonyl (C=O) groups excluding carboxylic acids is 1. The van der Waals surface area contributed by atoms with Crippen LogP contribution in [0.5, 0.6) is 0 Å². The summed E-state index contributed by atoms with van der Waals surface area (Å²) in [6, 6.07) is 5.45. The minimum absolute atomic E-state index is 0.0271. The first-order valence-electron chi connectivity index (χ1n) is 5.65. The van der Waals surface area contributed by atoms with Gasteiger partial charge in [0.15, 0.2) is 0 Å². The Balaban J connectivity index is 2.31. The standard InChI is InChI=1S/C13H9Cl3N2O3/c1-18-10(5-9(15)11(18)16)12(19)17-8-3-6(13(20)21)2-7(14)4-8/h2-5H,1H3,(H,17,19)(H,20,21). The van der Waals surface area contributed by atoms with E-state index >= 15 is 0 Å². The van der Waals surface area contributed by atoms with Gasteiger partial charge < -0.3 is 15.0 Å². The summed E-state index contributed by atoms with van der Waals surface area (Å²) in [5.74, 6) is -1.62. The first kappa shape index (κ1) is 15.7. The van der Waals surface area contributed by atoms with Gasteiger partial charge in [-0.2, -0.15) is 0 Å². The van der Waals surface area contributed by atoms with Crippen molar-refractivity contribution in [1.29, 1.82) is 0 Å². The molecule has 2 aromatic rings. The molecule has 0 aliphatic carbocycles. The molecule has 0 saturated carbocycles. The number of nitrogens with one attached hydrogen (secondary N) is 1. The highest BCUT2D eigenvalue weighted by atomic mass is 35.5. The molecule has 0 radical (unpaired) electrons. The lowest BCUT2D eigenvalue weighted by atomic mass is 10.2. The van der Waals surface area contributed by atoms with Crippen LogP contribution in [0.1, 0.15) is 20.8 Å². The monoisotopic (exact) mass is 346 g/mol. The van der Waals surface area contributed by atoms with E-state index in [4.69, 9.17) is 39.9 Å². The topological polar surface area (TPSA) is 71.3 Å². The molecule has 0 spiro atoms. The molecule has 0 aliphatic heterocycles. The third-order valence-electron chi connectivity index (χ3n) is 2.75. The molecule has 110 valence electrons. The summed E-state index contributed by atoms with van der Waals surface area (Å²) in [6.45, 7) is 0. The number of anilines is 1. The number of aromatic nitrogens is 1. The first-order valence-corrected chi connectivity index (χ1v) is 6.79. The average Bonchev–Trinajstić information content (AvgIpc) is 2.66. The largest absolute Gasteiger partial charge is 0.478 e. The zero-order valence-electron chi connectivity index (χ0n) is 10.7. The van der Waals surface area contributed by atoms with E-state index in [1.807, 2.05) is 0 Å². The molecule has 0 saturated heterocycles. The zero-order chi connectivity index (χ0) is 15.7. The predicted molar refractivity (Wildman–Crippen MR) is 81.8 cm³/mol. The molecular weight excluding hydrogens is 339 g/mol. The van der Waals surface area contributed by atoms with Gasteiger partial charge in [0.2, 0.25) is 0 Å². The van der Waals surface area contributed by atoms with Gasteiger partial charge in [0.25, 0.3) is 5.91 Å². The van der Waals surface area contributed by atoms with Crippen LogP contribution in [0, 0.1) is 0 Å². The number of carboxylic acids is 1. The molecule has 1 aromatic heterocycles. The molecule has 0 unspecified atom stereocenters. The van der Waals surface area contributed by atoms with Crippen molar-refractivity contribution in [3.05, 3.63) is 50.7 Å². The van der Waals surface area contributed by atoms with Gasteiger partial charge in [0.05, 0.1) is 10.6 Å². The molecule has 2 rings (SSSR count). The van der Waals surface area contributed by atoms with Crippen LogP contribution in [0.15, 0.2) is 24.3 Å². The van der Waals surface area contributed by atoms with E-state index in [1.165, 1.54) is 28.8 Å². The fourth-order valence-electron chi connectivity index (χ4n) is 1.74. The molecule has 8 heteroatoms. The van der Waals surface area contributed by atoms with Gasteiger partial charge in [-0.25, -0.2) is 4.79 Å². The highest BCUT2D eigenvalue weighted by molar-refractivity contribution is 6.42. The summed E-state index contributed by atoms with van der Waals surface area (Å²) in [5, 5.41) is 12.2. The molecular formula is C13H9Cl3N2O3. The second-order valence-electron chi connectivity index (χ2n) is 4.22. The quantitative estimate of drug-likeness (QED) is 0.883. The smallest absolute Gasteiger partial charge is 0.335 e.